The van der Waals surface area contributed by atoms with E-state index in [0.29, 0.717) is 6.54 Å². The number of nitrogens with zero attached hydrogens (tertiary/aromatic N) is 4. The number of carbonyl (C=O) groups is 1. The molecular weight excluding hydrogens is 326 g/mol. The molecule has 26 heavy (non-hydrogen) atoms. The number of carbonyl (C=O) groups excluding carboxylic acids is 1. The molecule has 0 aliphatic carbocycles. The van der Waals surface area contributed by atoms with Crippen LogP contribution in [-0.4, -0.2) is 51.9 Å². The smallest absolute Gasteiger partial charge is 0.246 e. The van der Waals surface area contributed by atoms with Crippen LogP contribution in [0.2, 0.25) is 0 Å². The molecule has 4 heterocycles. The highest BCUT2D eigenvalue weighted by atomic mass is 16.2. The van der Waals surface area contributed by atoms with Gasteiger partial charge in [0, 0.05) is 61.3 Å². The van der Waals surface area contributed by atoms with Gasteiger partial charge in [-0.2, -0.15) is 0 Å². The van der Waals surface area contributed by atoms with Gasteiger partial charge in [-0.15, -0.1) is 0 Å². The van der Waals surface area contributed by atoms with Crippen molar-refractivity contribution in [3.63, 3.8) is 0 Å². The largest absolute Gasteiger partial charge is 0.368 e. The van der Waals surface area contributed by atoms with Crippen molar-refractivity contribution < 1.29 is 4.79 Å². The average molecular weight is 347 g/mol. The molecule has 1 N–H and O–H groups in total. The van der Waals surface area contributed by atoms with Crippen LogP contribution in [0.5, 0.6) is 0 Å². The fraction of sp³-hybridized carbons (Fsp3) is 0.250. The first-order valence-electron chi connectivity index (χ1n) is 8.69. The van der Waals surface area contributed by atoms with E-state index in [1.165, 1.54) is 6.08 Å². The number of likely N-dealkylation sites (tertiary alicyclic amines) is 1. The van der Waals surface area contributed by atoms with Gasteiger partial charge in [0.1, 0.15) is 5.65 Å². The molecule has 1 aliphatic heterocycles. The van der Waals surface area contributed by atoms with Gasteiger partial charge in [0.25, 0.3) is 0 Å². The third kappa shape index (κ3) is 2.83. The summed E-state index contributed by atoms with van der Waals surface area (Å²) in [5.74, 6) is -0.000949. The minimum Gasteiger partial charge on any atom is -0.368 e. The van der Waals surface area contributed by atoms with Crippen LogP contribution in [0, 0.1) is 0 Å². The Bertz CT molecular complexity index is 949. The van der Waals surface area contributed by atoms with Gasteiger partial charge in [-0.25, -0.2) is 4.98 Å². The number of nitrogens with one attached hydrogen (secondary N) is 1. The van der Waals surface area contributed by atoms with Gasteiger partial charge in [0.05, 0.1) is 11.9 Å². The second-order valence-electron chi connectivity index (χ2n) is 6.58. The molecule has 1 amide bonds. The van der Waals surface area contributed by atoms with Crippen LogP contribution in [0.4, 0.5) is 5.69 Å². The first kappa shape index (κ1) is 16.3. The van der Waals surface area contributed by atoms with Crippen molar-refractivity contribution in [2.75, 3.05) is 25.0 Å². The number of aromatic nitrogens is 3. The Kier molecular flexibility index (Phi) is 4.16. The Morgan fingerprint density at radius 1 is 1.46 bits per heavy atom. The van der Waals surface area contributed by atoms with Crippen molar-refractivity contribution in [3.05, 3.63) is 55.6 Å². The molecule has 1 unspecified atom stereocenters. The molecule has 3 aromatic rings. The summed E-state index contributed by atoms with van der Waals surface area (Å²) in [7, 11) is 2.06. The predicted octanol–water partition coefficient (Wildman–Crippen LogP) is 2.85. The molecule has 132 valence electrons. The summed E-state index contributed by atoms with van der Waals surface area (Å²) in [4.78, 5) is 27.9. The number of rotatable bonds is 4. The van der Waals surface area contributed by atoms with Crippen LogP contribution in [-0.2, 0) is 4.79 Å². The molecule has 0 saturated carbocycles. The van der Waals surface area contributed by atoms with Crippen LogP contribution in [0.3, 0.4) is 0 Å². The van der Waals surface area contributed by atoms with E-state index in [2.05, 4.69) is 39.5 Å². The molecule has 4 rings (SSSR count). The minimum absolute atomic E-state index is 0.000949. The fourth-order valence-electron chi connectivity index (χ4n) is 3.54. The van der Waals surface area contributed by atoms with Crippen LogP contribution >= 0.6 is 0 Å². The zero-order valence-electron chi connectivity index (χ0n) is 14.7. The average Bonchev–Trinajstić information content (AvgIpc) is 3.34. The quantitative estimate of drug-likeness (QED) is 0.737. The zero-order valence-corrected chi connectivity index (χ0v) is 14.7. The van der Waals surface area contributed by atoms with Crippen molar-refractivity contribution >= 4 is 22.6 Å². The van der Waals surface area contributed by atoms with E-state index < -0.39 is 0 Å². The lowest BCUT2D eigenvalue weighted by molar-refractivity contribution is -0.125. The highest BCUT2D eigenvalue weighted by molar-refractivity contribution is 5.95. The van der Waals surface area contributed by atoms with E-state index in [9.17, 15) is 4.79 Å². The van der Waals surface area contributed by atoms with Crippen molar-refractivity contribution in [2.24, 2.45) is 0 Å². The monoisotopic (exact) mass is 347 g/mol. The normalized spacial score (nSPS) is 16.8. The first-order chi connectivity index (χ1) is 12.7. The maximum Gasteiger partial charge on any atom is 0.246 e. The number of pyridine rings is 2. The van der Waals surface area contributed by atoms with Crippen LogP contribution in [0.15, 0.2) is 55.6 Å². The van der Waals surface area contributed by atoms with Gasteiger partial charge in [-0.05, 0) is 24.6 Å². The second kappa shape index (κ2) is 6.63. The lowest BCUT2D eigenvalue weighted by Crippen LogP contribution is -2.36. The van der Waals surface area contributed by atoms with E-state index in [0.717, 1.165) is 40.8 Å². The Hall–Kier alpha value is -3.15. The van der Waals surface area contributed by atoms with Crippen molar-refractivity contribution in [2.45, 2.75) is 12.5 Å². The standard InChI is InChI=1S/C20H21N5O/c1-3-19(26)25-8-6-15(13-25)24(2)16-9-17-18(12-23-20(17)22-11-16)14-5-4-7-21-10-14/h3-5,7,9-12,15H,1,6,8,13H2,2H3,(H,22,23). The minimum atomic E-state index is -0.000949. The lowest BCUT2D eigenvalue weighted by atomic mass is 10.1. The molecule has 1 fully saturated rings. The predicted molar refractivity (Wildman–Crippen MR) is 103 cm³/mol. The summed E-state index contributed by atoms with van der Waals surface area (Å²) in [5.41, 5.74) is 4.05. The Morgan fingerprint density at radius 2 is 2.35 bits per heavy atom. The summed E-state index contributed by atoms with van der Waals surface area (Å²) in [6, 6.07) is 6.40. The molecule has 1 saturated heterocycles. The Morgan fingerprint density at radius 3 is 3.12 bits per heavy atom. The third-order valence-electron chi connectivity index (χ3n) is 5.09. The first-order valence-corrected chi connectivity index (χ1v) is 8.69. The molecule has 0 spiro atoms. The van der Waals surface area contributed by atoms with Crippen LogP contribution in [0.25, 0.3) is 22.2 Å². The molecule has 1 atom stereocenters. The van der Waals surface area contributed by atoms with Gasteiger partial charge >= 0.3 is 0 Å². The molecule has 6 nitrogen and oxygen atoms in total. The van der Waals surface area contributed by atoms with Gasteiger partial charge in [0.15, 0.2) is 0 Å². The summed E-state index contributed by atoms with van der Waals surface area (Å²) >= 11 is 0. The summed E-state index contributed by atoms with van der Waals surface area (Å²) in [5, 5.41) is 1.07. The molecule has 6 heteroatoms. The molecule has 3 aromatic heterocycles. The van der Waals surface area contributed by atoms with Gasteiger partial charge in [0.2, 0.25) is 5.91 Å². The van der Waals surface area contributed by atoms with Gasteiger partial charge in [-0.3, -0.25) is 9.78 Å². The van der Waals surface area contributed by atoms with Crippen molar-refractivity contribution in [1.29, 1.82) is 0 Å². The molecule has 0 radical (unpaired) electrons. The number of H-pyrrole nitrogens is 1. The highest BCUT2D eigenvalue weighted by Crippen LogP contribution is 2.31. The van der Waals surface area contributed by atoms with Crippen molar-refractivity contribution in [3.8, 4) is 11.1 Å². The summed E-state index contributed by atoms with van der Waals surface area (Å²) in [6.07, 6.45) is 9.80. The maximum absolute atomic E-state index is 11.8. The highest BCUT2D eigenvalue weighted by Gasteiger charge is 2.28. The van der Waals surface area contributed by atoms with E-state index in [4.69, 9.17) is 0 Å². The summed E-state index contributed by atoms with van der Waals surface area (Å²) in [6.45, 7) is 5.05. The van der Waals surface area contributed by atoms with Crippen LogP contribution < -0.4 is 4.90 Å². The number of amides is 1. The van der Waals surface area contributed by atoms with E-state index >= 15 is 0 Å². The summed E-state index contributed by atoms with van der Waals surface area (Å²) < 4.78 is 0. The van der Waals surface area contributed by atoms with Crippen LogP contribution in [0.1, 0.15) is 6.42 Å². The van der Waals surface area contributed by atoms with E-state index in [-0.39, 0.29) is 11.9 Å². The SMILES string of the molecule is C=CC(=O)N1CCC(N(C)c2cnc3[nH]cc(-c4cccnc4)c3c2)C1. The molecule has 0 bridgehead atoms. The topological polar surface area (TPSA) is 65.1 Å². The molecular formula is C20H21N5O. The Labute approximate surface area is 152 Å². The number of aromatic amines is 1. The third-order valence-corrected chi connectivity index (χ3v) is 5.09. The van der Waals surface area contributed by atoms with E-state index in [1.54, 1.807) is 6.20 Å². The number of fused-ring (bicyclic) bond motifs is 1. The maximum atomic E-state index is 11.8. The number of anilines is 1. The van der Waals surface area contributed by atoms with Crippen molar-refractivity contribution in [1.82, 2.24) is 19.9 Å². The molecule has 0 aromatic carbocycles. The lowest BCUT2D eigenvalue weighted by Gasteiger charge is -2.26. The Balaban J connectivity index is 1.63. The number of hydrogen-bond donors (Lipinski definition) is 1. The van der Waals surface area contributed by atoms with E-state index in [1.807, 2.05) is 35.6 Å². The number of likely N-dealkylation sites (N-methyl/N-ethyl adjacent to an activating group) is 1. The second-order valence-corrected chi connectivity index (χ2v) is 6.58. The fourth-order valence-corrected chi connectivity index (χ4v) is 3.54. The molecule has 1 aliphatic rings. The number of hydrogen-bond acceptors (Lipinski definition) is 4. The van der Waals surface area contributed by atoms with Gasteiger partial charge in [-0.1, -0.05) is 12.6 Å². The zero-order chi connectivity index (χ0) is 18.1. The van der Waals surface area contributed by atoms with Gasteiger partial charge < -0.3 is 14.8 Å².